The van der Waals surface area contributed by atoms with Gasteiger partial charge in [-0.1, -0.05) is 18.2 Å². The van der Waals surface area contributed by atoms with E-state index in [1.54, 1.807) is 0 Å². The first kappa shape index (κ1) is 14.6. The Morgan fingerprint density at radius 1 is 1.33 bits per heavy atom. The Hall–Kier alpha value is -1.43. The number of aliphatic hydroxyl groups excluding tert-OH is 2. The van der Waals surface area contributed by atoms with E-state index in [1.165, 1.54) is 18.2 Å². The van der Waals surface area contributed by atoms with Crippen LogP contribution in [0.15, 0.2) is 18.2 Å². The molecule has 0 aliphatic heterocycles. The van der Waals surface area contributed by atoms with Gasteiger partial charge in [0.25, 0.3) is 0 Å². The molecule has 3 N–H and O–H groups in total. The first-order valence-electron chi connectivity index (χ1n) is 5.25. The molecule has 0 radical (unpaired) electrons. The lowest BCUT2D eigenvalue weighted by molar-refractivity contribution is -0.146. The Morgan fingerprint density at radius 3 is 2.50 bits per heavy atom. The van der Waals surface area contributed by atoms with E-state index >= 15 is 0 Å². The van der Waals surface area contributed by atoms with Crippen LogP contribution >= 0.6 is 11.6 Å². The number of Topliss-reactive ketones (excluding diaryl/α,β-unsaturated/α-hetero) is 1. The lowest BCUT2D eigenvalue weighted by atomic mass is 9.93. The van der Waals surface area contributed by atoms with Crippen molar-refractivity contribution in [2.45, 2.75) is 19.1 Å². The molecule has 5 nitrogen and oxygen atoms in total. The lowest BCUT2D eigenvalue weighted by Crippen LogP contribution is -2.17. The average Bonchev–Trinajstić information content (AvgIpc) is 2.36. The molecule has 0 aliphatic carbocycles. The van der Waals surface area contributed by atoms with Crippen LogP contribution in [-0.2, 0) is 11.4 Å². The maximum atomic E-state index is 11.9. The van der Waals surface area contributed by atoms with E-state index in [2.05, 4.69) is 0 Å². The maximum absolute atomic E-state index is 11.9. The zero-order chi connectivity index (χ0) is 13.7. The summed E-state index contributed by atoms with van der Waals surface area (Å²) in [6.07, 6.45) is -1.79. The van der Waals surface area contributed by atoms with Gasteiger partial charge in [-0.05, 0) is 5.56 Å². The molecule has 0 amide bonds. The van der Waals surface area contributed by atoms with Crippen LogP contribution in [-0.4, -0.2) is 33.0 Å². The molecule has 0 spiro atoms. The third kappa shape index (κ3) is 3.07. The Morgan fingerprint density at radius 2 is 2.00 bits per heavy atom. The van der Waals surface area contributed by atoms with Gasteiger partial charge in [-0.2, -0.15) is 0 Å². The van der Waals surface area contributed by atoms with Crippen molar-refractivity contribution in [2.24, 2.45) is 0 Å². The molecule has 0 aliphatic rings. The first-order valence-corrected chi connectivity index (χ1v) is 5.79. The number of hydrogen-bond donors (Lipinski definition) is 3. The highest BCUT2D eigenvalue weighted by Gasteiger charge is 2.24. The number of alkyl halides is 1. The molecule has 0 heterocycles. The number of carbonyl (C=O) groups excluding carboxylic acids is 1. The molecule has 0 aromatic heterocycles. The van der Waals surface area contributed by atoms with Crippen molar-refractivity contribution in [3.05, 3.63) is 34.9 Å². The van der Waals surface area contributed by atoms with Gasteiger partial charge in [-0.3, -0.25) is 4.79 Å². The Labute approximate surface area is 109 Å². The summed E-state index contributed by atoms with van der Waals surface area (Å²) in [6, 6.07) is 4.32. The van der Waals surface area contributed by atoms with Gasteiger partial charge in [-0.25, -0.2) is 4.79 Å². The normalized spacial score (nSPS) is 12.2. The maximum Gasteiger partial charge on any atom is 0.337 e. The van der Waals surface area contributed by atoms with Crippen molar-refractivity contribution in [3.63, 3.8) is 0 Å². The van der Waals surface area contributed by atoms with Gasteiger partial charge in [0.1, 0.15) is 0 Å². The summed E-state index contributed by atoms with van der Waals surface area (Å²) < 4.78 is 0. The first-order chi connectivity index (χ1) is 8.52. The lowest BCUT2D eigenvalue weighted by Gasteiger charge is -2.14. The summed E-state index contributed by atoms with van der Waals surface area (Å²) in [5.74, 6) is -1.77. The van der Waals surface area contributed by atoms with Gasteiger partial charge < -0.3 is 15.3 Å². The zero-order valence-corrected chi connectivity index (χ0v) is 10.2. The minimum atomic E-state index is -1.80. The summed E-state index contributed by atoms with van der Waals surface area (Å²) in [4.78, 5) is 22.7. The molecular weight excluding hydrogens is 260 g/mol. The van der Waals surface area contributed by atoms with Gasteiger partial charge in [0, 0.05) is 23.4 Å². The number of rotatable bonds is 6. The van der Waals surface area contributed by atoms with Crippen molar-refractivity contribution in [1.82, 2.24) is 0 Å². The van der Waals surface area contributed by atoms with E-state index in [0.717, 1.165) is 0 Å². The number of aliphatic hydroxyl groups is 2. The topological polar surface area (TPSA) is 94.8 Å². The fourth-order valence-corrected chi connectivity index (χ4v) is 1.84. The molecule has 0 fully saturated rings. The van der Waals surface area contributed by atoms with Crippen molar-refractivity contribution in [2.75, 3.05) is 5.88 Å². The second kappa shape index (κ2) is 6.49. The number of carbonyl (C=O) groups is 2. The van der Waals surface area contributed by atoms with Crippen molar-refractivity contribution in [3.8, 4) is 0 Å². The van der Waals surface area contributed by atoms with Crippen molar-refractivity contribution < 1.29 is 24.9 Å². The van der Waals surface area contributed by atoms with E-state index in [0.29, 0.717) is 0 Å². The van der Waals surface area contributed by atoms with Crippen LogP contribution < -0.4 is 0 Å². The molecule has 0 bridgehead atoms. The number of halogens is 1. The largest absolute Gasteiger partial charge is 0.479 e. The third-order valence-corrected chi connectivity index (χ3v) is 2.67. The quantitative estimate of drug-likeness (QED) is 0.533. The molecule has 0 saturated carbocycles. The summed E-state index contributed by atoms with van der Waals surface area (Å²) in [7, 11) is 0. The van der Waals surface area contributed by atoms with Gasteiger partial charge in [0.2, 0.25) is 0 Å². The summed E-state index contributed by atoms with van der Waals surface area (Å²) in [5.41, 5.74) is 0.294. The number of hydrogen-bond acceptors (Lipinski definition) is 4. The fraction of sp³-hybridized carbons (Fsp3) is 0.333. The number of carboxylic acid groups (broad SMARTS) is 1. The average molecular weight is 273 g/mol. The monoisotopic (exact) mass is 272 g/mol. The van der Waals surface area contributed by atoms with Gasteiger partial charge in [0.15, 0.2) is 11.9 Å². The summed E-state index contributed by atoms with van der Waals surface area (Å²) in [5, 5.41) is 27.5. The molecule has 6 heteroatoms. The summed E-state index contributed by atoms with van der Waals surface area (Å²) in [6.45, 7) is -0.413. The van der Waals surface area contributed by atoms with Gasteiger partial charge >= 0.3 is 5.97 Å². The minimum absolute atomic E-state index is 0.0118. The van der Waals surface area contributed by atoms with Crippen LogP contribution in [0, 0.1) is 0 Å². The Bertz CT molecular complexity index is 458. The highest BCUT2D eigenvalue weighted by atomic mass is 35.5. The van der Waals surface area contributed by atoms with E-state index in [4.69, 9.17) is 21.8 Å². The second-order valence-corrected chi connectivity index (χ2v) is 4.02. The van der Waals surface area contributed by atoms with Crippen LogP contribution in [0.3, 0.4) is 0 Å². The summed E-state index contributed by atoms with van der Waals surface area (Å²) >= 11 is 5.47. The molecular formula is C12H13ClO5. The highest BCUT2D eigenvalue weighted by Crippen LogP contribution is 2.24. The van der Waals surface area contributed by atoms with Crippen molar-refractivity contribution >= 4 is 23.4 Å². The number of benzene rings is 1. The predicted molar refractivity (Wildman–Crippen MR) is 64.6 cm³/mol. The Kier molecular flexibility index (Phi) is 5.27. The number of ketones is 1. The van der Waals surface area contributed by atoms with Crippen LogP contribution in [0.25, 0.3) is 0 Å². The van der Waals surface area contributed by atoms with E-state index in [-0.39, 0.29) is 29.0 Å². The minimum Gasteiger partial charge on any atom is -0.479 e. The second-order valence-electron chi connectivity index (χ2n) is 3.64. The van der Waals surface area contributed by atoms with Crippen LogP contribution in [0.2, 0.25) is 0 Å². The third-order valence-electron chi connectivity index (χ3n) is 2.48. The smallest absolute Gasteiger partial charge is 0.337 e. The van der Waals surface area contributed by atoms with Gasteiger partial charge in [0.05, 0.1) is 6.61 Å². The van der Waals surface area contributed by atoms with E-state index in [1.807, 2.05) is 0 Å². The zero-order valence-electron chi connectivity index (χ0n) is 9.47. The van der Waals surface area contributed by atoms with E-state index < -0.39 is 24.5 Å². The predicted octanol–water partition coefficient (Wildman–Crippen LogP) is 1.11. The standard InChI is InChI=1S/C12H13ClO5/c13-5-4-9(15)10-7(6-14)2-1-3-8(10)11(16)12(17)18/h1-3,11,14,16H,4-6H2,(H,17,18). The highest BCUT2D eigenvalue weighted by molar-refractivity contribution is 6.19. The number of carboxylic acids is 1. The molecule has 1 atom stereocenters. The van der Waals surface area contributed by atoms with E-state index in [9.17, 15) is 14.7 Å². The molecule has 18 heavy (non-hydrogen) atoms. The molecule has 1 unspecified atom stereocenters. The Balaban J connectivity index is 3.33. The molecule has 1 aromatic carbocycles. The van der Waals surface area contributed by atoms with Gasteiger partial charge in [-0.15, -0.1) is 11.6 Å². The SMILES string of the molecule is O=C(CCCl)c1c(CO)cccc1C(O)C(=O)O. The molecule has 1 rings (SSSR count). The molecule has 98 valence electrons. The van der Waals surface area contributed by atoms with Crippen LogP contribution in [0.4, 0.5) is 0 Å². The van der Waals surface area contributed by atoms with Crippen LogP contribution in [0.1, 0.15) is 34.0 Å². The fourth-order valence-electron chi connectivity index (χ4n) is 1.66. The molecule has 1 aromatic rings. The molecule has 0 saturated heterocycles. The van der Waals surface area contributed by atoms with Crippen molar-refractivity contribution in [1.29, 1.82) is 0 Å². The van der Waals surface area contributed by atoms with Crippen LogP contribution in [0.5, 0.6) is 0 Å². The number of aliphatic carboxylic acids is 1.